The molecule has 9 heteroatoms. The van der Waals surface area contributed by atoms with Gasteiger partial charge in [0.1, 0.15) is 0 Å². The summed E-state index contributed by atoms with van der Waals surface area (Å²) in [7, 11) is 0. The summed E-state index contributed by atoms with van der Waals surface area (Å²) in [4.78, 5) is 56.1. The fraction of sp³-hybridized carbons (Fsp3) is 0.149. The van der Waals surface area contributed by atoms with Crippen molar-refractivity contribution < 1.29 is 14.4 Å². The number of rotatable bonds is 7. The molecule has 56 heavy (non-hydrogen) atoms. The van der Waals surface area contributed by atoms with Crippen molar-refractivity contribution in [1.29, 1.82) is 0 Å². The fourth-order valence-corrected chi connectivity index (χ4v) is 8.12. The van der Waals surface area contributed by atoms with Gasteiger partial charge in [0.2, 0.25) is 17.7 Å². The number of nitrogens with zero attached hydrogens (tertiary/aromatic N) is 3. The molecule has 9 rings (SSSR count). The third-order valence-corrected chi connectivity index (χ3v) is 10.9. The summed E-state index contributed by atoms with van der Waals surface area (Å²) in [5.74, 6) is -2.59. The van der Waals surface area contributed by atoms with Gasteiger partial charge in [0, 0.05) is 44.9 Å². The summed E-state index contributed by atoms with van der Waals surface area (Å²) in [5, 5.41) is 15.2. The highest BCUT2D eigenvalue weighted by atomic mass is 16.2. The van der Waals surface area contributed by atoms with Crippen LogP contribution in [0, 0.1) is 24.7 Å². The normalized spacial score (nSPS) is 16.8. The Balaban J connectivity index is 0.964. The van der Waals surface area contributed by atoms with Crippen LogP contribution in [-0.4, -0.2) is 32.7 Å². The lowest BCUT2D eigenvalue weighted by molar-refractivity contribution is -0.129. The zero-order valence-corrected chi connectivity index (χ0v) is 30.7. The fourth-order valence-electron chi connectivity index (χ4n) is 8.12. The van der Waals surface area contributed by atoms with Crippen molar-refractivity contribution in [1.82, 2.24) is 15.0 Å². The Bertz CT molecular complexity index is 2680. The Hall–Kier alpha value is -7.00. The van der Waals surface area contributed by atoms with Crippen LogP contribution < -0.4 is 16.0 Å². The van der Waals surface area contributed by atoms with Crippen molar-refractivity contribution in [2.24, 2.45) is 17.8 Å². The van der Waals surface area contributed by atoms with E-state index in [1.165, 1.54) is 0 Å². The standard InChI is InChI=1S/C47H38N6O3/c1-28-19-37(25-48-42(28)31-11-3-2-4-12-31)51-45(54)34-20-35(46(55)52-38-23-32-17-15-29-9-5-7-13-40(29)43(32)49-26-38)22-36(21-34)47(56)53-39-24-33-18-16-30-10-6-8-14-41(30)44(33)50-27-39/h2-19,23-27,34-36H,20-22H2,1H3,(H,51,54)(H,52,55)(H,53,56). The lowest BCUT2D eigenvalue weighted by Gasteiger charge is -2.33. The van der Waals surface area contributed by atoms with E-state index in [0.717, 1.165) is 60.2 Å². The smallest absolute Gasteiger partial charge is 0.227 e. The third-order valence-electron chi connectivity index (χ3n) is 10.9. The highest BCUT2D eigenvalue weighted by Gasteiger charge is 2.39. The Kier molecular flexibility index (Phi) is 9.11. The lowest BCUT2D eigenvalue weighted by atomic mass is 9.74. The maximum atomic E-state index is 14.0. The van der Waals surface area contributed by atoms with Crippen LogP contribution in [-0.2, 0) is 14.4 Å². The molecule has 1 saturated carbocycles. The summed E-state index contributed by atoms with van der Waals surface area (Å²) in [5.41, 5.74) is 6.12. The number of fused-ring (bicyclic) bond motifs is 6. The van der Waals surface area contributed by atoms with Gasteiger partial charge in [0.05, 0.1) is 52.4 Å². The van der Waals surface area contributed by atoms with E-state index < -0.39 is 17.8 Å². The van der Waals surface area contributed by atoms with Crippen LogP contribution in [0.25, 0.3) is 54.6 Å². The first kappa shape index (κ1) is 34.7. The minimum Gasteiger partial charge on any atom is -0.324 e. The maximum absolute atomic E-state index is 14.0. The molecule has 0 radical (unpaired) electrons. The minimum atomic E-state index is -0.607. The molecular weight excluding hydrogens is 697 g/mol. The number of nitrogens with one attached hydrogen (secondary N) is 3. The summed E-state index contributed by atoms with van der Waals surface area (Å²) >= 11 is 0. The van der Waals surface area contributed by atoms with Gasteiger partial charge in [-0.2, -0.15) is 0 Å². The van der Waals surface area contributed by atoms with Crippen LogP contribution in [0.1, 0.15) is 24.8 Å². The van der Waals surface area contributed by atoms with Crippen LogP contribution in [0.3, 0.4) is 0 Å². The number of aryl methyl sites for hydroxylation is 1. The summed E-state index contributed by atoms with van der Waals surface area (Å²) in [6, 6.07) is 39.8. The number of carbonyl (C=O) groups excluding carboxylic acids is 3. The topological polar surface area (TPSA) is 126 Å². The zero-order valence-electron chi connectivity index (χ0n) is 30.7. The van der Waals surface area contributed by atoms with Gasteiger partial charge >= 0.3 is 0 Å². The number of hydrogen-bond acceptors (Lipinski definition) is 6. The molecule has 1 aliphatic carbocycles. The van der Waals surface area contributed by atoms with E-state index >= 15 is 0 Å². The predicted octanol–water partition coefficient (Wildman–Crippen LogP) is 9.71. The first-order chi connectivity index (χ1) is 27.4. The van der Waals surface area contributed by atoms with Gasteiger partial charge in [-0.25, -0.2) is 0 Å². The van der Waals surface area contributed by atoms with Crippen molar-refractivity contribution in [2.75, 3.05) is 16.0 Å². The van der Waals surface area contributed by atoms with Crippen LogP contribution in [0.5, 0.6) is 0 Å². The molecule has 3 amide bonds. The van der Waals surface area contributed by atoms with Crippen molar-refractivity contribution in [2.45, 2.75) is 26.2 Å². The second-order valence-electron chi connectivity index (χ2n) is 14.7. The first-order valence-electron chi connectivity index (χ1n) is 18.9. The Labute approximate surface area is 323 Å². The second-order valence-corrected chi connectivity index (χ2v) is 14.7. The number of hydrogen-bond donors (Lipinski definition) is 3. The molecule has 1 aliphatic rings. The molecule has 0 bridgehead atoms. The van der Waals surface area contributed by atoms with Gasteiger partial charge in [-0.15, -0.1) is 0 Å². The lowest BCUT2D eigenvalue weighted by Crippen LogP contribution is -2.40. The summed E-state index contributed by atoms with van der Waals surface area (Å²) in [6.07, 6.45) is 5.82. The quantitative estimate of drug-likeness (QED) is 0.140. The van der Waals surface area contributed by atoms with Gasteiger partial charge < -0.3 is 16.0 Å². The molecule has 0 spiro atoms. The van der Waals surface area contributed by atoms with Gasteiger partial charge in [-0.05, 0) is 60.7 Å². The minimum absolute atomic E-state index is 0.257. The molecule has 3 heterocycles. The highest BCUT2D eigenvalue weighted by molar-refractivity contribution is 6.08. The van der Waals surface area contributed by atoms with E-state index in [4.69, 9.17) is 9.97 Å². The molecule has 0 aliphatic heterocycles. The van der Waals surface area contributed by atoms with Gasteiger partial charge in [0.15, 0.2) is 0 Å². The molecule has 2 atom stereocenters. The molecule has 5 aromatic carbocycles. The van der Waals surface area contributed by atoms with Gasteiger partial charge in [-0.1, -0.05) is 103 Å². The van der Waals surface area contributed by atoms with E-state index in [1.54, 1.807) is 18.6 Å². The predicted molar refractivity (Wildman–Crippen MR) is 223 cm³/mol. The molecule has 3 N–H and O–H groups in total. The van der Waals surface area contributed by atoms with Crippen LogP contribution >= 0.6 is 0 Å². The number of benzene rings is 5. The molecule has 0 saturated heterocycles. The molecule has 274 valence electrons. The number of carbonyl (C=O) groups is 3. The zero-order chi connectivity index (χ0) is 38.2. The molecule has 1 fully saturated rings. The third kappa shape index (κ3) is 6.91. The van der Waals surface area contributed by atoms with Crippen molar-refractivity contribution in [3.8, 4) is 11.3 Å². The molecular formula is C47H38N6O3. The largest absolute Gasteiger partial charge is 0.324 e. The molecule has 3 aromatic heterocycles. The SMILES string of the molecule is Cc1cc(NC(=O)C2CC(C(=O)Nc3cnc4c(ccc5ccccc54)c3)CC(C(=O)Nc3cnc4c(ccc5ccccc54)c3)C2)cnc1-c1ccccc1. The van der Waals surface area contributed by atoms with Crippen molar-refractivity contribution >= 4 is 78.1 Å². The Morgan fingerprint density at radius 3 is 1.38 bits per heavy atom. The molecule has 8 aromatic rings. The van der Waals surface area contributed by atoms with Crippen molar-refractivity contribution in [3.63, 3.8) is 0 Å². The Morgan fingerprint density at radius 1 is 0.482 bits per heavy atom. The molecule has 9 nitrogen and oxygen atoms in total. The summed E-state index contributed by atoms with van der Waals surface area (Å²) < 4.78 is 0. The first-order valence-corrected chi connectivity index (χ1v) is 18.9. The average molecular weight is 735 g/mol. The van der Waals surface area contributed by atoms with E-state index in [-0.39, 0.29) is 37.0 Å². The van der Waals surface area contributed by atoms with Crippen LogP contribution in [0.4, 0.5) is 17.1 Å². The van der Waals surface area contributed by atoms with Crippen molar-refractivity contribution in [3.05, 3.63) is 145 Å². The van der Waals surface area contributed by atoms with Crippen LogP contribution in [0.15, 0.2) is 140 Å². The molecule has 2 unspecified atom stereocenters. The summed E-state index contributed by atoms with van der Waals surface area (Å²) in [6.45, 7) is 1.96. The second kappa shape index (κ2) is 14.7. The van der Waals surface area contributed by atoms with Gasteiger partial charge in [0.25, 0.3) is 0 Å². The van der Waals surface area contributed by atoms with E-state index in [2.05, 4.69) is 20.9 Å². The van der Waals surface area contributed by atoms with Crippen LogP contribution in [0.2, 0.25) is 0 Å². The number of anilines is 3. The van der Waals surface area contributed by atoms with E-state index in [0.29, 0.717) is 17.1 Å². The number of pyridine rings is 3. The maximum Gasteiger partial charge on any atom is 0.227 e. The number of amides is 3. The number of aromatic nitrogens is 3. The van der Waals surface area contributed by atoms with Gasteiger partial charge in [-0.3, -0.25) is 29.3 Å². The van der Waals surface area contributed by atoms with E-state index in [1.807, 2.05) is 128 Å². The van der Waals surface area contributed by atoms with E-state index in [9.17, 15) is 14.4 Å². The monoisotopic (exact) mass is 734 g/mol. The highest BCUT2D eigenvalue weighted by Crippen LogP contribution is 2.37. The average Bonchev–Trinajstić information content (AvgIpc) is 3.23. The Morgan fingerprint density at radius 2 is 0.893 bits per heavy atom.